The molecule has 6 rings (SSSR count). The monoisotopic (exact) mass is 551 g/mol. The number of amides is 1. The van der Waals surface area contributed by atoms with Crippen LogP contribution in [0.15, 0.2) is 82.9 Å². The largest absolute Gasteiger partial charge is 0.379 e. The van der Waals surface area contributed by atoms with Crippen LogP contribution in [0.2, 0.25) is 5.02 Å². The van der Waals surface area contributed by atoms with Crippen LogP contribution in [0.1, 0.15) is 5.82 Å². The molecule has 1 aliphatic carbocycles. The normalized spacial score (nSPS) is 21.1. The van der Waals surface area contributed by atoms with Crippen molar-refractivity contribution in [1.82, 2.24) is 19.7 Å². The maximum atomic E-state index is 13.7. The third-order valence-electron chi connectivity index (χ3n) is 6.59. The van der Waals surface area contributed by atoms with Crippen molar-refractivity contribution in [1.29, 1.82) is 0 Å². The first-order chi connectivity index (χ1) is 18.2. The average Bonchev–Trinajstić information content (AvgIpc) is 3.33. The summed E-state index contributed by atoms with van der Waals surface area (Å²) in [6, 6.07) is 15.8. The van der Waals surface area contributed by atoms with Crippen molar-refractivity contribution in [2.75, 3.05) is 37.0 Å². The van der Waals surface area contributed by atoms with E-state index < -0.39 is 0 Å². The summed E-state index contributed by atoms with van der Waals surface area (Å²) in [5.41, 5.74) is 1.89. The zero-order valence-electron chi connectivity index (χ0n) is 20.1. The maximum absolute atomic E-state index is 13.7. The van der Waals surface area contributed by atoms with Gasteiger partial charge >= 0.3 is 0 Å². The highest BCUT2D eigenvalue weighted by Crippen LogP contribution is 2.43. The van der Waals surface area contributed by atoms with Crippen molar-refractivity contribution in [3.05, 3.63) is 83.7 Å². The molecular formula is C27H26ClN5O2S2. The molecule has 1 amide bonds. The molecule has 10 heteroatoms. The van der Waals surface area contributed by atoms with E-state index >= 15 is 0 Å². The Kier molecular flexibility index (Phi) is 7.39. The Morgan fingerprint density at radius 2 is 1.84 bits per heavy atom. The molecule has 3 aliphatic rings. The fourth-order valence-corrected chi connectivity index (χ4v) is 7.00. The minimum absolute atomic E-state index is 0.0102. The molecule has 1 aromatic heterocycles. The predicted octanol–water partition coefficient (Wildman–Crippen LogP) is 4.85. The minimum Gasteiger partial charge on any atom is -0.379 e. The highest BCUT2D eigenvalue weighted by Gasteiger charge is 2.36. The van der Waals surface area contributed by atoms with Gasteiger partial charge in [0.2, 0.25) is 5.91 Å². The van der Waals surface area contributed by atoms with Crippen LogP contribution in [0.3, 0.4) is 0 Å². The van der Waals surface area contributed by atoms with Crippen molar-refractivity contribution in [3.8, 4) is 5.69 Å². The Morgan fingerprint density at radius 1 is 1.05 bits per heavy atom. The zero-order chi connectivity index (χ0) is 25.2. The number of carbonyl (C=O) groups excluding carboxylic acids is 1. The molecule has 1 fully saturated rings. The van der Waals surface area contributed by atoms with Gasteiger partial charge in [-0.15, -0.1) is 22.0 Å². The fourth-order valence-electron chi connectivity index (χ4n) is 4.78. The molecule has 2 atom stereocenters. The molecule has 37 heavy (non-hydrogen) atoms. The summed E-state index contributed by atoms with van der Waals surface area (Å²) < 4.78 is 7.54. The van der Waals surface area contributed by atoms with Gasteiger partial charge in [-0.3, -0.25) is 14.3 Å². The lowest BCUT2D eigenvalue weighted by atomic mass is 10.0. The third-order valence-corrected chi connectivity index (χ3v) is 9.06. The van der Waals surface area contributed by atoms with Gasteiger partial charge in [-0.2, -0.15) is 0 Å². The van der Waals surface area contributed by atoms with Gasteiger partial charge in [-0.25, -0.2) is 0 Å². The second-order valence-corrected chi connectivity index (χ2v) is 11.6. The van der Waals surface area contributed by atoms with Gasteiger partial charge in [0, 0.05) is 28.7 Å². The molecule has 0 radical (unpaired) electrons. The summed E-state index contributed by atoms with van der Waals surface area (Å²) in [6.07, 6.45) is 8.38. The van der Waals surface area contributed by atoms with Crippen LogP contribution >= 0.6 is 35.1 Å². The van der Waals surface area contributed by atoms with E-state index in [1.54, 1.807) is 0 Å². The Bertz CT molecular complexity index is 1340. The molecule has 2 aliphatic heterocycles. The number of hydrogen-bond acceptors (Lipinski definition) is 7. The first-order valence-corrected chi connectivity index (χ1v) is 14.5. The van der Waals surface area contributed by atoms with Crippen LogP contribution in [0.5, 0.6) is 0 Å². The Hall–Kier alpha value is -2.56. The van der Waals surface area contributed by atoms with Crippen molar-refractivity contribution in [3.63, 3.8) is 0 Å². The molecule has 0 saturated carbocycles. The number of aromatic nitrogens is 3. The SMILES string of the molecule is O=C(CSc1nnc(CN2CCOCC2)n1-c1ccc(Cl)cc1)N1c2ccccc2S[C@@H]2C=CC=C[C@@H]21. The van der Waals surface area contributed by atoms with E-state index in [0.29, 0.717) is 29.9 Å². The molecule has 2 aromatic carbocycles. The molecule has 0 bridgehead atoms. The number of nitrogens with zero attached hydrogens (tertiary/aromatic N) is 5. The van der Waals surface area contributed by atoms with E-state index in [2.05, 4.69) is 39.4 Å². The molecule has 0 unspecified atom stereocenters. The van der Waals surface area contributed by atoms with Gasteiger partial charge in [-0.1, -0.05) is 59.8 Å². The lowest BCUT2D eigenvalue weighted by molar-refractivity contribution is -0.116. The number of morpholine rings is 1. The predicted molar refractivity (Wildman–Crippen MR) is 149 cm³/mol. The topological polar surface area (TPSA) is 63.5 Å². The van der Waals surface area contributed by atoms with Gasteiger partial charge in [0.15, 0.2) is 11.0 Å². The third kappa shape index (κ3) is 5.24. The molecular weight excluding hydrogens is 526 g/mol. The van der Waals surface area contributed by atoms with Crippen LogP contribution in [0.4, 0.5) is 5.69 Å². The fraction of sp³-hybridized carbons (Fsp3) is 0.296. The summed E-state index contributed by atoms with van der Waals surface area (Å²) in [7, 11) is 0. The molecule has 0 spiro atoms. The number of benzene rings is 2. The van der Waals surface area contributed by atoms with E-state index in [4.69, 9.17) is 16.3 Å². The number of allylic oxidation sites excluding steroid dienone is 2. The van der Waals surface area contributed by atoms with Crippen molar-refractivity contribution >= 4 is 46.7 Å². The summed E-state index contributed by atoms with van der Waals surface area (Å²) in [6.45, 7) is 3.79. The molecule has 0 N–H and O–H groups in total. The zero-order valence-corrected chi connectivity index (χ0v) is 22.5. The second-order valence-electron chi connectivity index (χ2n) is 8.96. The lowest BCUT2D eigenvalue weighted by Crippen LogP contribution is -2.48. The van der Waals surface area contributed by atoms with Crippen molar-refractivity contribution in [2.45, 2.75) is 27.9 Å². The van der Waals surface area contributed by atoms with Gasteiger partial charge in [0.1, 0.15) is 0 Å². The Balaban J connectivity index is 1.26. The van der Waals surface area contributed by atoms with Gasteiger partial charge in [0.05, 0.1) is 42.5 Å². The van der Waals surface area contributed by atoms with Crippen molar-refractivity contribution < 1.29 is 9.53 Å². The smallest absolute Gasteiger partial charge is 0.238 e. The Morgan fingerprint density at radius 3 is 2.68 bits per heavy atom. The molecule has 7 nitrogen and oxygen atoms in total. The quantitative estimate of drug-likeness (QED) is 0.406. The number of thioether (sulfide) groups is 2. The highest BCUT2D eigenvalue weighted by molar-refractivity contribution is 8.00. The summed E-state index contributed by atoms with van der Waals surface area (Å²) in [5, 5.41) is 10.6. The number of para-hydroxylation sites is 1. The number of carbonyl (C=O) groups is 1. The molecule has 1 saturated heterocycles. The van der Waals surface area contributed by atoms with Crippen LogP contribution in [-0.4, -0.2) is 68.9 Å². The molecule has 3 heterocycles. The average molecular weight is 552 g/mol. The van der Waals surface area contributed by atoms with E-state index in [9.17, 15) is 4.79 Å². The summed E-state index contributed by atoms with van der Waals surface area (Å²) >= 11 is 9.39. The number of halogens is 1. The minimum atomic E-state index is -0.0102. The van der Waals surface area contributed by atoms with E-state index in [1.807, 2.05) is 69.8 Å². The number of anilines is 1. The maximum Gasteiger partial charge on any atom is 0.238 e. The van der Waals surface area contributed by atoms with E-state index in [-0.39, 0.29) is 23.0 Å². The highest BCUT2D eigenvalue weighted by atomic mass is 35.5. The van der Waals surface area contributed by atoms with Gasteiger partial charge in [0.25, 0.3) is 0 Å². The van der Waals surface area contributed by atoms with Gasteiger partial charge in [-0.05, 0) is 36.4 Å². The van der Waals surface area contributed by atoms with E-state index in [0.717, 1.165) is 35.2 Å². The number of fused-ring (bicyclic) bond motifs is 2. The summed E-state index contributed by atoms with van der Waals surface area (Å²) in [4.78, 5) is 19.1. The first kappa shape index (κ1) is 24.8. The molecule has 190 valence electrons. The summed E-state index contributed by atoms with van der Waals surface area (Å²) in [5.74, 6) is 1.13. The standard InChI is InChI=1S/C27H26ClN5O2S2/c28-19-9-11-20(12-10-19)32-25(17-31-13-15-35-16-14-31)29-30-27(32)36-18-26(34)33-21-5-1-3-7-23(21)37-24-8-4-2-6-22(24)33/h1-12,21,23H,13-18H2/t21-,23+/m0/s1. The van der Waals surface area contributed by atoms with Crippen molar-refractivity contribution in [2.24, 2.45) is 0 Å². The number of hydrogen-bond donors (Lipinski definition) is 0. The number of ether oxygens (including phenoxy) is 1. The van der Waals surface area contributed by atoms with Crippen LogP contribution in [0.25, 0.3) is 5.69 Å². The van der Waals surface area contributed by atoms with Gasteiger partial charge < -0.3 is 9.64 Å². The second kappa shape index (κ2) is 11.0. The Labute approximate surface area is 229 Å². The lowest BCUT2D eigenvalue weighted by Gasteiger charge is -2.40. The first-order valence-electron chi connectivity index (χ1n) is 12.2. The number of rotatable bonds is 6. The van der Waals surface area contributed by atoms with Crippen LogP contribution in [0, 0.1) is 0 Å². The van der Waals surface area contributed by atoms with E-state index in [1.165, 1.54) is 11.8 Å². The van der Waals surface area contributed by atoms with Crippen LogP contribution in [-0.2, 0) is 16.1 Å². The van der Waals surface area contributed by atoms with Crippen LogP contribution < -0.4 is 4.90 Å². The molecule has 3 aromatic rings.